The molecular formula is C18H15ClN6O2. The molecule has 8 nitrogen and oxygen atoms in total. The zero-order valence-corrected chi connectivity index (χ0v) is 15.3. The number of nitrogens with one attached hydrogen (secondary N) is 2. The van der Waals surface area contributed by atoms with Gasteiger partial charge in [0.05, 0.1) is 30.9 Å². The van der Waals surface area contributed by atoms with Crippen molar-refractivity contribution in [2.45, 2.75) is 6.92 Å². The zero-order chi connectivity index (χ0) is 19.0. The minimum Gasteiger partial charge on any atom is -0.496 e. The summed E-state index contributed by atoms with van der Waals surface area (Å²) < 4.78 is 6.94. The lowest BCUT2D eigenvalue weighted by molar-refractivity contribution is 0.102. The van der Waals surface area contributed by atoms with Gasteiger partial charge in [-0.25, -0.2) is 9.50 Å². The Bertz CT molecular complexity index is 1150. The van der Waals surface area contributed by atoms with E-state index in [1.165, 1.54) is 12.4 Å². The number of aromatic amines is 1. The highest BCUT2D eigenvalue weighted by molar-refractivity contribution is 6.31. The van der Waals surface area contributed by atoms with Crippen molar-refractivity contribution in [3.63, 3.8) is 0 Å². The van der Waals surface area contributed by atoms with Crippen LogP contribution in [0.25, 0.3) is 16.9 Å². The fourth-order valence-electron chi connectivity index (χ4n) is 2.77. The first kappa shape index (κ1) is 17.0. The molecule has 136 valence electrons. The van der Waals surface area contributed by atoms with Crippen LogP contribution in [0.15, 0.2) is 42.9 Å². The van der Waals surface area contributed by atoms with E-state index < -0.39 is 0 Å². The average Bonchev–Trinajstić information content (AvgIpc) is 3.28. The number of halogens is 1. The minimum atomic E-state index is -0.341. The van der Waals surface area contributed by atoms with E-state index in [0.29, 0.717) is 38.9 Å². The van der Waals surface area contributed by atoms with E-state index in [0.717, 1.165) is 5.69 Å². The largest absolute Gasteiger partial charge is 0.496 e. The van der Waals surface area contributed by atoms with Crippen molar-refractivity contribution in [1.82, 2.24) is 24.8 Å². The van der Waals surface area contributed by atoms with Crippen molar-refractivity contribution >= 4 is 28.8 Å². The fraction of sp³-hybridized carbons (Fsp3) is 0.111. The third kappa shape index (κ3) is 3.11. The van der Waals surface area contributed by atoms with Crippen molar-refractivity contribution in [2.75, 3.05) is 12.4 Å². The molecule has 0 saturated heterocycles. The first-order chi connectivity index (χ1) is 13.1. The number of aromatic nitrogens is 5. The number of rotatable bonds is 4. The summed E-state index contributed by atoms with van der Waals surface area (Å²) in [5.74, 6) is 0.263. The van der Waals surface area contributed by atoms with Crippen LogP contribution in [0.4, 0.5) is 5.69 Å². The van der Waals surface area contributed by atoms with Crippen molar-refractivity contribution in [1.29, 1.82) is 0 Å². The lowest BCUT2D eigenvalue weighted by Crippen LogP contribution is -2.12. The number of fused-ring (bicyclic) bond motifs is 1. The average molecular weight is 383 g/mol. The van der Waals surface area contributed by atoms with Crippen LogP contribution in [0, 0.1) is 6.92 Å². The Morgan fingerprint density at radius 2 is 2.15 bits per heavy atom. The summed E-state index contributed by atoms with van der Waals surface area (Å²) in [6.45, 7) is 1.86. The van der Waals surface area contributed by atoms with Crippen LogP contribution in [0.2, 0.25) is 5.02 Å². The Kier molecular flexibility index (Phi) is 4.25. The SMILES string of the molecule is COc1ccc(Cl)cc1-c1[nH]ncc1NC(=O)c1cnn2ccc(C)nc12. The van der Waals surface area contributed by atoms with E-state index in [-0.39, 0.29) is 5.91 Å². The molecule has 4 rings (SSSR count). The first-order valence-electron chi connectivity index (χ1n) is 8.06. The summed E-state index contributed by atoms with van der Waals surface area (Å²) >= 11 is 6.11. The predicted molar refractivity (Wildman–Crippen MR) is 101 cm³/mol. The van der Waals surface area contributed by atoms with Gasteiger partial charge in [0.1, 0.15) is 11.3 Å². The van der Waals surface area contributed by atoms with Crippen LogP contribution < -0.4 is 10.1 Å². The van der Waals surface area contributed by atoms with Crippen molar-refractivity contribution in [2.24, 2.45) is 0 Å². The highest BCUT2D eigenvalue weighted by Gasteiger charge is 2.19. The van der Waals surface area contributed by atoms with E-state index >= 15 is 0 Å². The van der Waals surface area contributed by atoms with Crippen molar-refractivity contribution in [3.05, 3.63) is 59.1 Å². The van der Waals surface area contributed by atoms with E-state index in [2.05, 4.69) is 25.6 Å². The van der Waals surface area contributed by atoms with Gasteiger partial charge in [0, 0.05) is 22.5 Å². The molecule has 0 bridgehead atoms. The standard InChI is InChI=1S/C18H15ClN6O2/c1-10-5-6-25-17(22-10)13(8-21-25)18(26)23-14-9-20-24-16(14)12-7-11(19)3-4-15(12)27-2/h3-9H,1-2H3,(H,20,24)(H,23,26). The normalized spacial score (nSPS) is 10.9. The van der Waals surface area contributed by atoms with Gasteiger partial charge in [-0.3, -0.25) is 9.89 Å². The maximum absolute atomic E-state index is 12.8. The van der Waals surface area contributed by atoms with Crippen LogP contribution in [-0.2, 0) is 0 Å². The number of benzene rings is 1. The number of hydrogen-bond acceptors (Lipinski definition) is 5. The highest BCUT2D eigenvalue weighted by atomic mass is 35.5. The molecule has 0 radical (unpaired) electrons. The second kappa shape index (κ2) is 6.73. The summed E-state index contributed by atoms with van der Waals surface area (Å²) in [6.07, 6.45) is 4.77. The molecule has 1 aromatic carbocycles. The first-order valence-corrected chi connectivity index (χ1v) is 8.44. The molecule has 0 fully saturated rings. The maximum Gasteiger partial charge on any atom is 0.261 e. The smallest absolute Gasteiger partial charge is 0.261 e. The topological polar surface area (TPSA) is 97.2 Å². The lowest BCUT2D eigenvalue weighted by atomic mass is 10.1. The molecule has 1 amide bonds. The number of ether oxygens (including phenoxy) is 1. The quantitative estimate of drug-likeness (QED) is 0.564. The van der Waals surface area contributed by atoms with Crippen LogP contribution in [-0.4, -0.2) is 37.8 Å². The number of carbonyl (C=O) groups excluding carboxylic acids is 1. The summed E-state index contributed by atoms with van der Waals surface area (Å²) in [6, 6.07) is 7.04. The summed E-state index contributed by atoms with van der Waals surface area (Å²) in [7, 11) is 1.56. The molecule has 9 heteroatoms. The number of carbonyl (C=O) groups is 1. The molecule has 2 N–H and O–H groups in total. The van der Waals surface area contributed by atoms with Crippen molar-refractivity contribution < 1.29 is 9.53 Å². The zero-order valence-electron chi connectivity index (χ0n) is 14.5. The van der Waals surface area contributed by atoms with Crippen LogP contribution in [0.1, 0.15) is 16.1 Å². The van der Waals surface area contributed by atoms with Gasteiger partial charge in [0.15, 0.2) is 5.65 Å². The number of aryl methyl sites for hydroxylation is 1. The summed E-state index contributed by atoms with van der Waals surface area (Å²) in [5.41, 5.74) is 3.41. The van der Waals surface area contributed by atoms with E-state index in [4.69, 9.17) is 16.3 Å². The number of nitrogens with zero attached hydrogens (tertiary/aromatic N) is 4. The Balaban J connectivity index is 1.70. The van der Waals surface area contributed by atoms with Crippen LogP contribution in [0.5, 0.6) is 5.75 Å². The van der Waals surface area contributed by atoms with E-state index in [1.54, 1.807) is 36.0 Å². The van der Waals surface area contributed by atoms with Crippen LogP contribution >= 0.6 is 11.6 Å². The van der Waals surface area contributed by atoms with Crippen molar-refractivity contribution in [3.8, 4) is 17.0 Å². The highest BCUT2D eigenvalue weighted by Crippen LogP contribution is 2.35. The lowest BCUT2D eigenvalue weighted by Gasteiger charge is -2.10. The summed E-state index contributed by atoms with van der Waals surface area (Å²) in [5, 5.41) is 14.5. The Labute approximate surface area is 159 Å². The number of H-pyrrole nitrogens is 1. The molecule has 0 aliphatic rings. The molecule has 0 saturated carbocycles. The molecule has 27 heavy (non-hydrogen) atoms. The second-order valence-electron chi connectivity index (χ2n) is 5.85. The second-order valence-corrected chi connectivity index (χ2v) is 6.29. The predicted octanol–water partition coefficient (Wildman–Crippen LogP) is 3.34. The van der Waals surface area contributed by atoms with Gasteiger partial charge in [-0.1, -0.05) is 11.6 Å². The third-order valence-corrected chi connectivity index (χ3v) is 4.31. The molecule has 0 spiro atoms. The summed E-state index contributed by atoms with van der Waals surface area (Å²) in [4.78, 5) is 17.2. The molecule has 0 unspecified atom stereocenters. The number of amides is 1. The molecule has 0 aliphatic heterocycles. The molecule has 3 heterocycles. The Morgan fingerprint density at radius 3 is 2.96 bits per heavy atom. The minimum absolute atomic E-state index is 0.341. The molecule has 4 aromatic rings. The van der Waals surface area contributed by atoms with Gasteiger partial charge in [-0.15, -0.1) is 0 Å². The molecule has 0 atom stereocenters. The van der Waals surface area contributed by atoms with Gasteiger partial charge in [0.2, 0.25) is 0 Å². The number of methoxy groups -OCH3 is 1. The molecule has 3 aromatic heterocycles. The van der Waals surface area contributed by atoms with Gasteiger partial charge in [0.25, 0.3) is 5.91 Å². The van der Waals surface area contributed by atoms with E-state index in [9.17, 15) is 4.79 Å². The van der Waals surface area contributed by atoms with Gasteiger partial charge in [-0.05, 0) is 31.2 Å². The number of hydrogen-bond donors (Lipinski definition) is 2. The Hall–Kier alpha value is -3.39. The monoisotopic (exact) mass is 382 g/mol. The van der Waals surface area contributed by atoms with Crippen LogP contribution in [0.3, 0.4) is 0 Å². The van der Waals surface area contributed by atoms with E-state index in [1.807, 2.05) is 13.0 Å². The van der Waals surface area contributed by atoms with Gasteiger partial charge in [-0.2, -0.15) is 10.2 Å². The molecule has 0 aliphatic carbocycles. The maximum atomic E-state index is 12.8. The van der Waals surface area contributed by atoms with Gasteiger partial charge < -0.3 is 10.1 Å². The Morgan fingerprint density at radius 1 is 1.30 bits per heavy atom. The molecular weight excluding hydrogens is 368 g/mol. The number of anilines is 1. The van der Waals surface area contributed by atoms with Gasteiger partial charge >= 0.3 is 0 Å². The third-order valence-electron chi connectivity index (χ3n) is 4.07. The fourth-order valence-corrected chi connectivity index (χ4v) is 2.94.